The lowest BCUT2D eigenvalue weighted by atomic mass is 10.1. The number of hydrogen-bond acceptors (Lipinski definition) is 8. The van der Waals surface area contributed by atoms with Crippen molar-refractivity contribution in [3.05, 3.63) is 0 Å². The molecule has 0 saturated heterocycles. The average molecular weight is 436 g/mol. The molecular weight excluding hydrogens is 406 g/mol. The van der Waals surface area contributed by atoms with Gasteiger partial charge in [-0.3, -0.25) is 19.4 Å². The molecule has 0 spiro atoms. The van der Waals surface area contributed by atoms with Crippen molar-refractivity contribution >= 4 is 42.3 Å². The van der Waals surface area contributed by atoms with E-state index in [9.17, 15) is 29.4 Å². The first-order chi connectivity index (χ1) is 13.5. The third-order valence-electron chi connectivity index (χ3n) is 3.66. The largest absolute Gasteiger partial charge is 0.480 e. The molecule has 0 aromatic heterocycles. The minimum Gasteiger partial charge on any atom is -0.480 e. The summed E-state index contributed by atoms with van der Waals surface area (Å²) in [5.41, 5.74) is 15.8. The first-order valence-electron chi connectivity index (χ1n) is 8.70. The van der Waals surface area contributed by atoms with Crippen molar-refractivity contribution < 1.29 is 29.4 Å². The first-order valence-corrected chi connectivity index (χ1v) is 9.33. The fourth-order valence-corrected chi connectivity index (χ4v) is 2.16. The maximum absolute atomic E-state index is 12.2. The Kier molecular flexibility index (Phi) is 12.4. The van der Waals surface area contributed by atoms with Gasteiger partial charge in [0, 0.05) is 12.3 Å². The fourth-order valence-electron chi connectivity index (χ4n) is 1.99. The summed E-state index contributed by atoms with van der Waals surface area (Å²) >= 11 is 3.88. The Morgan fingerprint density at radius 2 is 1.62 bits per heavy atom. The molecule has 11 N–H and O–H groups in total. The van der Waals surface area contributed by atoms with Crippen molar-refractivity contribution in [2.75, 3.05) is 18.9 Å². The number of rotatable bonds is 13. The molecule has 166 valence electrons. The van der Waals surface area contributed by atoms with Crippen LogP contribution in [0.2, 0.25) is 0 Å². The van der Waals surface area contributed by atoms with Crippen molar-refractivity contribution in [1.29, 1.82) is 0 Å². The number of carbonyl (C=O) groups is 4. The number of amides is 3. The van der Waals surface area contributed by atoms with Crippen molar-refractivity contribution in [3.8, 4) is 0 Å². The molecular formula is C15H29N7O6S. The Hall–Kier alpha value is -2.58. The number of thiol groups is 1. The standard InChI is InChI=1S/C15H29N7O6S/c1-7(20-12(25)8(16)6-29)11(24)22-10(5-23)13(26)21-9(14(27)28)3-2-4-19-15(17)18/h7-10,23,29H,2-6,16H2,1H3,(H,20,25)(H,21,26)(H,22,24)(H,27,28)(H4,17,18,19). The summed E-state index contributed by atoms with van der Waals surface area (Å²) in [7, 11) is 0. The monoisotopic (exact) mass is 435 g/mol. The maximum atomic E-state index is 12.2. The second-order valence-electron chi connectivity index (χ2n) is 6.11. The van der Waals surface area contributed by atoms with Crippen LogP contribution >= 0.6 is 12.6 Å². The van der Waals surface area contributed by atoms with Crippen LogP contribution in [0, 0.1) is 0 Å². The summed E-state index contributed by atoms with van der Waals surface area (Å²) in [6, 6.07) is -4.65. The number of nitrogens with zero attached hydrogens (tertiary/aromatic N) is 1. The van der Waals surface area contributed by atoms with Crippen LogP contribution < -0.4 is 33.2 Å². The highest BCUT2D eigenvalue weighted by Crippen LogP contribution is 2.00. The van der Waals surface area contributed by atoms with Gasteiger partial charge < -0.3 is 43.4 Å². The van der Waals surface area contributed by atoms with Gasteiger partial charge in [-0.15, -0.1) is 0 Å². The van der Waals surface area contributed by atoms with Crippen molar-refractivity contribution in [2.45, 2.75) is 43.9 Å². The van der Waals surface area contributed by atoms with Crippen LogP contribution in [0.4, 0.5) is 0 Å². The first kappa shape index (κ1) is 26.4. The lowest BCUT2D eigenvalue weighted by molar-refractivity contribution is -0.142. The molecule has 0 fully saturated rings. The summed E-state index contributed by atoms with van der Waals surface area (Å²) in [6.45, 7) is 0.747. The zero-order chi connectivity index (χ0) is 22.6. The average Bonchev–Trinajstić information content (AvgIpc) is 2.66. The van der Waals surface area contributed by atoms with Crippen LogP contribution in [0.5, 0.6) is 0 Å². The van der Waals surface area contributed by atoms with Gasteiger partial charge in [0.1, 0.15) is 18.1 Å². The second-order valence-corrected chi connectivity index (χ2v) is 6.48. The van der Waals surface area contributed by atoms with E-state index in [2.05, 4.69) is 33.6 Å². The molecule has 0 aliphatic rings. The molecule has 0 aromatic carbocycles. The molecule has 14 heteroatoms. The molecule has 0 radical (unpaired) electrons. The van der Waals surface area contributed by atoms with Crippen molar-refractivity contribution in [1.82, 2.24) is 16.0 Å². The van der Waals surface area contributed by atoms with Gasteiger partial charge in [0.15, 0.2) is 5.96 Å². The predicted molar refractivity (Wildman–Crippen MR) is 108 cm³/mol. The Labute approximate surface area is 173 Å². The van der Waals surface area contributed by atoms with Crippen LogP contribution in [0.1, 0.15) is 19.8 Å². The van der Waals surface area contributed by atoms with Gasteiger partial charge in [0.2, 0.25) is 17.7 Å². The number of carboxylic acid groups (broad SMARTS) is 1. The number of carboxylic acids is 1. The Balaban J connectivity index is 4.78. The smallest absolute Gasteiger partial charge is 0.326 e. The molecule has 0 bridgehead atoms. The van der Waals surface area contributed by atoms with Gasteiger partial charge in [0.25, 0.3) is 0 Å². The molecule has 0 heterocycles. The molecule has 4 unspecified atom stereocenters. The Morgan fingerprint density at radius 3 is 2.10 bits per heavy atom. The molecule has 13 nitrogen and oxygen atoms in total. The van der Waals surface area contributed by atoms with Crippen LogP contribution in [0.15, 0.2) is 4.99 Å². The number of nitrogens with two attached hydrogens (primary N) is 3. The Morgan fingerprint density at radius 1 is 1.03 bits per heavy atom. The molecule has 0 aromatic rings. The summed E-state index contributed by atoms with van der Waals surface area (Å²) in [5.74, 6) is -3.65. The van der Waals surface area contributed by atoms with E-state index in [-0.39, 0.29) is 31.1 Å². The highest BCUT2D eigenvalue weighted by Gasteiger charge is 2.28. The number of aliphatic carboxylic acids is 1. The van der Waals surface area contributed by atoms with Crippen LogP contribution in [0.3, 0.4) is 0 Å². The SMILES string of the molecule is CC(NC(=O)C(N)CS)C(=O)NC(CO)C(=O)NC(CCCN=C(N)N)C(=O)O. The molecule has 0 aliphatic carbocycles. The number of aliphatic hydroxyl groups is 1. The predicted octanol–water partition coefficient (Wildman–Crippen LogP) is -4.15. The summed E-state index contributed by atoms with van der Waals surface area (Å²) in [4.78, 5) is 51.0. The molecule has 29 heavy (non-hydrogen) atoms. The second kappa shape index (κ2) is 13.6. The number of hydrogen-bond donors (Lipinski definition) is 9. The van der Waals surface area contributed by atoms with Crippen molar-refractivity contribution in [2.24, 2.45) is 22.2 Å². The molecule has 3 amide bonds. The van der Waals surface area contributed by atoms with Gasteiger partial charge in [-0.1, -0.05) is 0 Å². The topological polar surface area (TPSA) is 235 Å². The highest BCUT2D eigenvalue weighted by molar-refractivity contribution is 7.80. The highest BCUT2D eigenvalue weighted by atomic mass is 32.1. The number of aliphatic hydroxyl groups excluding tert-OH is 1. The zero-order valence-electron chi connectivity index (χ0n) is 16.0. The van der Waals surface area contributed by atoms with E-state index in [1.807, 2.05) is 0 Å². The van der Waals surface area contributed by atoms with Gasteiger partial charge in [-0.05, 0) is 19.8 Å². The van der Waals surface area contributed by atoms with E-state index in [1.54, 1.807) is 0 Å². The van der Waals surface area contributed by atoms with E-state index < -0.39 is 54.5 Å². The minimum atomic E-state index is -1.42. The van der Waals surface area contributed by atoms with E-state index in [1.165, 1.54) is 6.92 Å². The van der Waals surface area contributed by atoms with E-state index in [4.69, 9.17) is 17.2 Å². The van der Waals surface area contributed by atoms with E-state index >= 15 is 0 Å². The number of carbonyl (C=O) groups excluding carboxylic acids is 3. The summed E-state index contributed by atoms with van der Waals surface area (Å²) in [6.07, 6.45) is 0.303. The number of guanidine groups is 1. The van der Waals surface area contributed by atoms with Gasteiger partial charge >= 0.3 is 5.97 Å². The molecule has 0 aliphatic heterocycles. The van der Waals surface area contributed by atoms with Gasteiger partial charge in [0.05, 0.1) is 12.6 Å². The molecule has 0 rings (SSSR count). The van der Waals surface area contributed by atoms with Crippen LogP contribution in [-0.4, -0.2) is 82.9 Å². The van der Waals surface area contributed by atoms with Gasteiger partial charge in [-0.25, -0.2) is 4.79 Å². The fraction of sp³-hybridized carbons (Fsp3) is 0.667. The van der Waals surface area contributed by atoms with Crippen LogP contribution in [0.25, 0.3) is 0 Å². The number of nitrogens with one attached hydrogen (secondary N) is 3. The molecule has 4 atom stereocenters. The third kappa shape index (κ3) is 10.5. The van der Waals surface area contributed by atoms with Gasteiger partial charge in [-0.2, -0.15) is 12.6 Å². The summed E-state index contributed by atoms with van der Waals surface area (Å²) < 4.78 is 0. The van der Waals surface area contributed by atoms with E-state index in [0.29, 0.717) is 0 Å². The Bertz CT molecular complexity index is 614. The van der Waals surface area contributed by atoms with Crippen molar-refractivity contribution in [3.63, 3.8) is 0 Å². The lowest BCUT2D eigenvalue weighted by Crippen LogP contribution is -2.57. The lowest BCUT2D eigenvalue weighted by Gasteiger charge is -2.22. The molecule has 0 saturated carbocycles. The minimum absolute atomic E-state index is 0.0258. The van der Waals surface area contributed by atoms with Crippen LogP contribution in [-0.2, 0) is 19.2 Å². The quantitative estimate of drug-likeness (QED) is 0.0590. The number of aliphatic imine (C=N–C) groups is 1. The van der Waals surface area contributed by atoms with E-state index in [0.717, 1.165) is 0 Å². The maximum Gasteiger partial charge on any atom is 0.326 e. The normalized spacial score (nSPS) is 14.6. The third-order valence-corrected chi connectivity index (χ3v) is 4.05. The zero-order valence-corrected chi connectivity index (χ0v) is 16.9. The summed E-state index contributed by atoms with van der Waals surface area (Å²) in [5, 5.41) is 25.4.